The number of benzene rings is 2. The second-order valence-electron chi connectivity index (χ2n) is 7.58. The van der Waals surface area contributed by atoms with Crippen molar-refractivity contribution < 1.29 is 14.2 Å². The molecule has 0 spiro atoms. The van der Waals surface area contributed by atoms with Gasteiger partial charge in [-0.05, 0) is 43.2 Å². The zero-order chi connectivity index (χ0) is 20.2. The third kappa shape index (κ3) is 4.54. The summed E-state index contributed by atoms with van der Waals surface area (Å²) in [6, 6.07) is 16.2. The molecule has 0 saturated carbocycles. The van der Waals surface area contributed by atoms with Gasteiger partial charge in [-0.1, -0.05) is 36.3 Å². The van der Waals surface area contributed by atoms with Crippen molar-refractivity contribution in [1.29, 1.82) is 0 Å². The van der Waals surface area contributed by atoms with Crippen LogP contribution in [-0.4, -0.2) is 42.1 Å². The lowest BCUT2D eigenvalue weighted by molar-refractivity contribution is -0.915. The van der Waals surface area contributed by atoms with Gasteiger partial charge < -0.3 is 14.3 Å². The van der Waals surface area contributed by atoms with Crippen molar-refractivity contribution in [2.24, 2.45) is 0 Å². The van der Waals surface area contributed by atoms with Crippen LogP contribution in [0.15, 0.2) is 53.1 Å². The van der Waals surface area contributed by atoms with E-state index in [1.54, 1.807) is 6.92 Å². The summed E-state index contributed by atoms with van der Waals surface area (Å²) in [5.74, 6) is 1.45. The van der Waals surface area contributed by atoms with Crippen LogP contribution in [0.3, 0.4) is 0 Å². The molecule has 0 amide bonds. The van der Waals surface area contributed by atoms with Crippen molar-refractivity contribution in [2.45, 2.75) is 26.8 Å². The summed E-state index contributed by atoms with van der Waals surface area (Å²) in [7, 11) is 0. The Kier molecular flexibility index (Phi) is 5.71. The molecule has 3 aromatic rings. The van der Waals surface area contributed by atoms with E-state index in [4.69, 9.17) is 4.52 Å². The molecule has 150 valence electrons. The molecule has 2 aromatic carbocycles. The summed E-state index contributed by atoms with van der Waals surface area (Å²) in [6.07, 6.45) is 1.02. The average Bonchev–Trinajstić information content (AvgIpc) is 3.23. The summed E-state index contributed by atoms with van der Waals surface area (Å²) in [5.41, 5.74) is 4.22. The smallest absolute Gasteiger partial charge is 0.282 e. The number of nitrogens with one attached hydrogen (secondary N) is 1. The number of carbonyl (C=O) groups is 1. The van der Waals surface area contributed by atoms with E-state index in [0.717, 1.165) is 50.3 Å². The van der Waals surface area contributed by atoms with Crippen molar-refractivity contribution in [3.8, 4) is 11.4 Å². The maximum atomic E-state index is 11.4. The predicted octanol–water partition coefficient (Wildman–Crippen LogP) is 2.41. The van der Waals surface area contributed by atoms with Gasteiger partial charge in [-0.3, -0.25) is 4.79 Å². The lowest BCUT2D eigenvalue weighted by Crippen LogP contribution is -3.13. The summed E-state index contributed by atoms with van der Waals surface area (Å²) in [5, 5.41) is 4.16. The molecule has 1 aliphatic rings. The minimum Gasteiger partial charge on any atom is -0.360 e. The van der Waals surface area contributed by atoms with Crippen LogP contribution in [-0.2, 0) is 13.0 Å². The van der Waals surface area contributed by atoms with Crippen LogP contribution in [0.4, 0.5) is 5.69 Å². The first kappa shape index (κ1) is 19.3. The number of hydrogen-bond acceptors (Lipinski definition) is 5. The molecular weight excluding hydrogens is 364 g/mol. The van der Waals surface area contributed by atoms with E-state index in [1.165, 1.54) is 16.2 Å². The predicted molar refractivity (Wildman–Crippen MR) is 112 cm³/mol. The number of quaternary nitrogens is 1. The fourth-order valence-electron chi connectivity index (χ4n) is 3.71. The fourth-order valence-corrected chi connectivity index (χ4v) is 3.71. The van der Waals surface area contributed by atoms with E-state index >= 15 is 0 Å². The topological polar surface area (TPSA) is 63.7 Å². The Balaban J connectivity index is 1.32. The number of aryl methyl sites for hydroxylation is 1. The number of anilines is 1. The number of aromatic nitrogens is 2. The zero-order valence-corrected chi connectivity index (χ0v) is 17.0. The molecule has 1 saturated heterocycles. The van der Waals surface area contributed by atoms with Crippen LogP contribution in [0.5, 0.6) is 0 Å². The van der Waals surface area contributed by atoms with Crippen LogP contribution < -0.4 is 9.80 Å². The number of piperazine rings is 1. The SMILES string of the molecule is CCc1ccc(-c2noc(C[NH+]3CCN(c4ccc(C(C)=O)cc4)CC3)n2)cc1. The minimum atomic E-state index is 0.103. The Bertz CT molecular complexity index is 955. The Labute approximate surface area is 171 Å². The van der Waals surface area contributed by atoms with Gasteiger partial charge in [0.05, 0.1) is 26.2 Å². The van der Waals surface area contributed by atoms with Crippen LogP contribution in [0, 0.1) is 0 Å². The third-order valence-electron chi connectivity index (χ3n) is 5.60. The Morgan fingerprint density at radius 3 is 2.38 bits per heavy atom. The number of rotatable bonds is 6. The van der Waals surface area contributed by atoms with Crippen molar-refractivity contribution in [1.82, 2.24) is 10.1 Å². The van der Waals surface area contributed by atoms with E-state index in [9.17, 15) is 4.79 Å². The highest BCUT2D eigenvalue weighted by atomic mass is 16.5. The first-order valence-electron chi connectivity index (χ1n) is 10.2. The number of ketones is 1. The second kappa shape index (κ2) is 8.57. The number of nitrogens with zero attached hydrogens (tertiary/aromatic N) is 3. The molecule has 1 aromatic heterocycles. The van der Waals surface area contributed by atoms with E-state index in [-0.39, 0.29) is 5.78 Å². The highest BCUT2D eigenvalue weighted by Gasteiger charge is 2.23. The van der Waals surface area contributed by atoms with Gasteiger partial charge in [0.25, 0.3) is 5.89 Å². The maximum absolute atomic E-state index is 11.4. The molecular formula is C23H27N4O2+. The third-order valence-corrected chi connectivity index (χ3v) is 5.60. The zero-order valence-electron chi connectivity index (χ0n) is 17.0. The largest absolute Gasteiger partial charge is 0.360 e. The Morgan fingerprint density at radius 2 is 1.76 bits per heavy atom. The summed E-state index contributed by atoms with van der Waals surface area (Å²) in [4.78, 5) is 19.8. The van der Waals surface area contributed by atoms with Crippen LogP contribution >= 0.6 is 0 Å². The van der Waals surface area contributed by atoms with Crippen molar-refractivity contribution in [3.63, 3.8) is 0 Å². The Hall–Kier alpha value is -2.99. The Morgan fingerprint density at radius 1 is 1.07 bits per heavy atom. The highest BCUT2D eigenvalue weighted by Crippen LogP contribution is 2.17. The fraction of sp³-hybridized carbons (Fsp3) is 0.348. The molecule has 2 heterocycles. The molecule has 1 N–H and O–H groups in total. The first-order chi connectivity index (χ1) is 14.1. The normalized spacial score (nSPS) is 14.9. The molecule has 0 aliphatic carbocycles. The summed E-state index contributed by atoms with van der Waals surface area (Å²) >= 11 is 0. The molecule has 1 fully saturated rings. The average molecular weight is 391 g/mol. The maximum Gasteiger partial charge on any atom is 0.282 e. The van der Waals surface area contributed by atoms with E-state index in [2.05, 4.69) is 46.2 Å². The summed E-state index contributed by atoms with van der Waals surface area (Å²) < 4.78 is 5.50. The van der Waals surface area contributed by atoms with Gasteiger partial charge in [-0.15, -0.1) is 0 Å². The lowest BCUT2D eigenvalue weighted by Gasteiger charge is -2.33. The molecule has 0 atom stereocenters. The molecule has 4 rings (SSSR count). The molecule has 6 nitrogen and oxygen atoms in total. The van der Waals surface area contributed by atoms with Crippen molar-refractivity contribution in [3.05, 3.63) is 65.5 Å². The highest BCUT2D eigenvalue weighted by molar-refractivity contribution is 5.94. The molecule has 29 heavy (non-hydrogen) atoms. The van der Waals surface area contributed by atoms with Gasteiger partial charge in [0.2, 0.25) is 5.82 Å². The van der Waals surface area contributed by atoms with E-state index < -0.39 is 0 Å². The van der Waals surface area contributed by atoms with Crippen molar-refractivity contribution in [2.75, 3.05) is 31.1 Å². The summed E-state index contributed by atoms with van der Waals surface area (Å²) in [6.45, 7) is 8.44. The van der Waals surface area contributed by atoms with Gasteiger partial charge in [-0.2, -0.15) is 4.98 Å². The molecule has 6 heteroatoms. The van der Waals surface area contributed by atoms with E-state index in [1.807, 2.05) is 24.3 Å². The van der Waals surface area contributed by atoms with Gasteiger partial charge in [0.15, 0.2) is 12.3 Å². The number of hydrogen-bond donors (Lipinski definition) is 1. The quantitative estimate of drug-likeness (QED) is 0.654. The number of carbonyl (C=O) groups excluding carboxylic acids is 1. The monoisotopic (exact) mass is 391 g/mol. The molecule has 1 aliphatic heterocycles. The molecule has 0 unspecified atom stereocenters. The second-order valence-corrected chi connectivity index (χ2v) is 7.58. The standard InChI is InChI=1S/C23H26N4O2/c1-3-18-4-6-20(7-5-18)23-24-22(29-25-23)16-26-12-14-27(15-13-26)21-10-8-19(9-11-21)17(2)28/h4-11H,3,12-16H2,1-2H3/p+1. The van der Waals surface area contributed by atoms with Gasteiger partial charge in [0, 0.05) is 16.8 Å². The van der Waals surface area contributed by atoms with Crippen LogP contribution in [0.1, 0.15) is 35.7 Å². The van der Waals surface area contributed by atoms with Gasteiger partial charge >= 0.3 is 0 Å². The van der Waals surface area contributed by atoms with Crippen molar-refractivity contribution >= 4 is 11.5 Å². The van der Waals surface area contributed by atoms with Crippen LogP contribution in [0.2, 0.25) is 0 Å². The lowest BCUT2D eigenvalue weighted by atomic mass is 10.1. The van der Waals surface area contributed by atoms with Crippen LogP contribution in [0.25, 0.3) is 11.4 Å². The van der Waals surface area contributed by atoms with Gasteiger partial charge in [0.1, 0.15) is 0 Å². The van der Waals surface area contributed by atoms with E-state index in [0.29, 0.717) is 11.7 Å². The first-order valence-corrected chi connectivity index (χ1v) is 10.2. The molecule has 0 bridgehead atoms. The van der Waals surface area contributed by atoms with Gasteiger partial charge in [-0.25, -0.2) is 0 Å². The number of Topliss-reactive ketones (excluding diaryl/α,β-unsaturated/α-hetero) is 1. The molecule has 0 radical (unpaired) electrons. The minimum absolute atomic E-state index is 0.103.